The van der Waals surface area contributed by atoms with Gasteiger partial charge in [-0.25, -0.2) is 0 Å². The van der Waals surface area contributed by atoms with Crippen LogP contribution in [-0.4, -0.2) is 50.9 Å². The normalized spacial score (nSPS) is 10.9. The standard InChI is InChI=1S/C21H28N6O4/c1-3-4-11-31-20-25-18(22)17-19(26-20)27(21(24-17)30-2)10-6-9-23-15-8-5-7-14(12-15)13-16(28)29/h5,7-8,12,23H,3-4,6,9-11,13H2,1-2H3,(H,28,29)(H2,22,25,26). The van der Waals surface area contributed by atoms with Gasteiger partial charge in [-0.15, -0.1) is 0 Å². The quantitative estimate of drug-likeness (QED) is 0.372. The minimum Gasteiger partial charge on any atom is -0.481 e. The van der Waals surface area contributed by atoms with E-state index < -0.39 is 5.97 Å². The third kappa shape index (κ3) is 5.74. The highest BCUT2D eigenvalue weighted by Gasteiger charge is 2.17. The number of benzene rings is 1. The van der Waals surface area contributed by atoms with E-state index >= 15 is 0 Å². The Hall–Kier alpha value is -3.56. The van der Waals surface area contributed by atoms with Gasteiger partial charge in [0.15, 0.2) is 17.0 Å². The number of hydrogen-bond acceptors (Lipinski definition) is 8. The number of anilines is 2. The lowest BCUT2D eigenvalue weighted by molar-refractivity contribution is -0.136. The predicted octanol–water partition coefficient (Wildman–Crippen LogP) is 2.73. The van der Waals surface area contributed by atoms with Crippen LogP contribution >= 0.6 is 0 Å². The van der Waals surface area contributed by atoms with Gasteiger partial charge in [0.2, 0.25) is 0 Å². The van der Waals surface area contributed by atoms with Gasteiger partial charge in [-0.05, 0) is 30.5 Å². The van der Waals surface area contributed by atoms with E-state index in [1.54, 1.807) is 13.2 Å². The summed E-state index contributed by atoms with van der Waals surface area (Å²) in [5, 5.41) is 12.3. The Bertz CT molecular complexity index is 1040. The fourth-order valence-electron chi connectivity index (χ4n) is 3.15. The first kappa shape index (κ1) is 22.1. The number of aryl methyl sites for hydroxylation is 1. The average Bonchev–Trinajstić information content (AvgIpc) is 3.09. The Kier molecular flexibility index (Phi) is 7.47. The molecule has 0 unspecified atom stereocenters. The highest BCUT2D eigenvalue weighted by atomic mass is 16.5. The Labute approximate surface area is 180 Å². The molecule has 0 aliphatic rings. The summed E-state index contributed by atoms with van der Waals surface area (Å²) in [6.07, 6.45) is 2.66. The molecule has 0 saturated heterocycles. The Morgan fingerprint density at radius 1 is 1.26 bits per heavy atom. The van der Waals surface area contributed by atoms with Gasteiger partial charge in [-0.1, -0.05) is 25.5 Å². The van der Waals surface area contributed by atoms with Crippen LogP contribution in [-0.2, 0) is 17.8 Å². The van der Waals surface area contributed by atoms with E-state index in [-0.39, 0.29) is 18.2 Å². The highest BCUT2D eigenvalue weighted by molar-refractivity contribution is 5.83. The lowest BCUT2D eigenvalue weighted by Crippen LogP contribution is -2.10. The van der Waals surface area contributed by atoms with Crippen molar-refractivity contribution in [1.29, 1.82) is 0 Å². The van der Waals surface area contributed by atoms with Gasteiger partial charge in [-0.3, -0.25) is 9.36 Å². The Morgan fingerprint density at radius 2 is 2.10 bits per heavy atom. The second-order valence-electron chi connectivity index (χ2n) is 7.07. The van der Waals surface area contributed by atoms with Crippen molar-refractivity contribution < 1.29 is 19.4 Å². The fourth-order valence-corrected chi connectivity index (χ4v) is 3.15. The van der Waals surface area contributed by atoms with E-state index in [1.165, 1.54) is 0 Å². The minimum atomic E-state index is -0.851. The second-order valence-corrected chi connectivity index (χ2v) is 7.07. The molecular weight excluding hydrogens is 400 g/mol. The van der Waals surface area contributed by atoms with Crippen molar-refractivity contribution in [3.8, 4) is 12.0 Å². The fraction of sp³-hybridized carbons (Fsp3) is 0.429. The summed E-state index contributed by atoms with van der Waals surface area (Å²) in [5.41, 5.74) is 8.74. The van der Waals surface area contributed by atoms with Crippen LogP contribution in [0.25, 0.3) is 11.2 Å². The van der Waals surface area contributed by atoms with Gasteiger partial charge in [0.05, 0.1) is 20.1 Å². The number of methoxy groups -OCH3 is 1. The number of carbonyl (C=O) groups is 1. The maximum absolute atomic E-state index is 10.9. The summed E-state index contributed by atoms with van der Waals surface area (Å²) < 4.78 is 12.9. The SMILES string of the molecule is CCCCOc1nc(N)c2nc(OC)n(CCCNc3cccc(CC(=O)O)c3)c2n1. The molecule has 0 aliphatic heterocycles. The molecule has 3 aromatic rings. The van der Waals surface area contributed by atoms with E-state index in [0.717, 1.165) is 30.5 Å². The molecule has 0 fully saturated rings. The Balaban J connectivity index is 1.68. The summed E-state index contributed by atoms with van der Waals surface area (Å²) in [6, 6.07) is 8.03. The van der Waals surface area contributed by atoms with E-state index in [1.807, 2.05) is 22.8 Å². The van der Waals surface area contributed by atoms with E-state index in [2.05, 4.69) is 27.2 Å². The van der Waals surface area contributed by atoms with Gasteiger partial charge in [0.25, 0.3) is 6.01 Å². The van der Waals surface area contributed by atoms with Crippen LogP contribution in [0.5, 0.6) is 12.0 Å². The molecule has 0 amide bonds. The number of rotatable bonds is 12. The van der Waals surface area contributed by atoms with Crippen molar-refractivity contribution in [3.05, 3.63) is 29.8 Å². The molecule has 2 heterocycles. The van der Waals surface area contributed by atoms with Crippen LogP contribution in [0.15, 0.2) is 24.3 Å². The maximum atomic E-state index is 10.9. The smallest absolute Gasteiger partial charge is 0.320 e. The summed E-state index contributed by atoms with van der Waals surface area (Å²) in [7, 11) is 1.55. The number of carboxylic acids is 1. The molecule has 0 aliphatic carbocycles. The molecule has 0 radical (unpaired) electrons. The topological polar surface area (TPSA) is 137 Å². The number of aliphatic carboxylic acids is 1. The molecule has 2 aromatic heterocycles. The van der Waals surface area contributed by atoms with Crippen molar-refractivity contribution in [2.24, 2.45) is 0 Å². The molecule has 0 spiro atoms. The number of nitrogens with zero attached hydrogens (tertiary/aromatic N) is 4. The number of hydrogen-bond donors (Lipinski definition) is 3. The predicted molar refractivity (Wildman–Crippen MR) is 118 cm³/mol. The van der Waals surface area contributed by atoms with E-state index in [9.17, 15) is 4.79 Å². The van der Waals surface area contributed by atoms with Crippen molar-refractivity contribution in [3.63, 3.8) is 0 Å². The molecule has 0 bridgehead atoms. The molecular formula is C21H28N6O4. The molecule has 31 heavy (non-hydrogen) atoms. The molecule has 0 saturated carbocycles. The van der Waals surface area contributed by atoms with Crippen LogP contribution in [0.1, 0.15) is 31.7 Å². The second kappa shape index (κ2) is 10.5. The number of fused-ring (bicyclic) bond motifs is 1. The zero-order valence-corrected chi connectivity index (χ0v) is 17.8. The van der Waals surface area contributed by atoms with Gasteiger partial charge in [0, 0.05) is 18.8 Å². The molecule has 10 nitrogen and oxygen atoms in total. The number of unbranched alkanes of at least 4 members (excludes halogenated alkanes) is 1. The summed E-state index contributed by atoms with van der Waals surface area (Å²) in [6.45, 7) is 3.86. The van der Waals surface area contributed by atoms with Gasteiger partial charge in [-0.2, -0.15) is 15.0 Å². The first-order chi connectivity index (χ1) is 15.0. The monoisotopic (exact) mass is 428 g/mol. The number of nitrogen functional groups attached to an aromatic ring is 1. The van der Waals surface area contributed by atoms with Crippen LogP contribution in [0.4, 0.5) is 11.5 Å². The molecule has 1 aromatic carbocycles. The minimum absolute atomic E-state index is 0.00245. The lowest BCUT2D eigenvalue weighted by Gasteiger charge is -2.10. The van der Waals surface area contributed by atoms with Gasteiger partial charge < -0.3 is 25.6 Å². The average molecular weight is 428 g/mol. The van der Waals surface area contributed by atoms with Crippen molar-refractivity contribution >= 4 is 28.6 Å². The lowest BCUT2D eigenvalue weighted by atomic mass is 10.1. The first-order valence-electron chi connectivity index (χ1n) is 10.3. The third-order valence-electron chi connectivity index (χ3n) is 4.65. The van der Waals surface area contributed by atoms with E-state index in [4.69, 9.17) is 20.3 Å². The number of carboxylic acid groups (broad SMARTS) is 1. The molecule has 4 N–H and O–H groups in total. The summed E-state index contributed by atoms with van der Waals surface area (Å²) in [5.74, 6) is -0.600. The maximum Gasteiger partial charge on any atom is 0.320 e. The zero-order valence-electron chi connectivity index (χ0n) is 17.8. The molecule has 10 heteroatoms. The number of nitrogens with two attached hydrogens (primary N) is 1. The highest BCUT2D eigenvalue weighted by Crippen LogP contribution is 2.25. The van der Waals surface area contributed by atoms with Crippen molar-refractivity contribution in [2.45, 2.75) is 39.2 Å². The third-order valence-corrected chi connectivity index (χ3v) is 4.65. The Morgan fingerprint density at radius 3 is 2.84 bits per heavy atom. The summed E-state index contributed by atoms with van der Waals surface area (Å²) >= 11 is 0. The van der Waals surface area contributed by atoms with Gasteiger partial charge in [0.1, 0.15) is 0 Å². The van der Waals surface area contributed by atoms with Crippen LogP contribution < -0.4 is 20.5 Å². The number of ether oxygens (including phenoxy) is 2. The van der Waals surface area contributed by atoms with Gasteiger partial charge >= 0.3 is 12.0 Å². The number of imidazole rings is 1. The van der Waals surface area contributed by atoms with Crippen LogP contribution in [0.2, 0.25) is 0 Å². The number of aromatic nitrogens is 4. The molecule has 3 rings (SSSR count). The zero-order chi connectivity index (χ0) is 22.2. The number of nitrogens with one attached hydrogen (secondary N) is 1. The van der Waals surface area contributed by atoms with E-state index in [0.29, 0.717) is 36.9 Å². The van der Waals surface area contributed by atoms with Crippen LogP contribution in [0, 0.1) is 0 Å². The van der Waals surface area contributed by atoms with Crippen molar-refractivity contribution in [1.82, 2.24) is 19.5 Å². The van der Waals surface area contributed by atoms with Crippen molar-refractivity contribution in [2.75, 3.05) is 31.3 Å². The molecule has 0 atom stereocenters. The first-order valence-corrected chi connectivity index (χ1v) is 10.3. The van der Waals surface area contributed by atoms with Crippen LogP contribution in [0.3, 0.4) is 0 Å². The summed E-state index contributed by atoms with van der Waals surface area (Å²) in [4.78, 5) is 24.0. The molecule has 166 valence electrons. The largest absolute Gasteiger partial charge is 0.481 e.